The first-order valence-electron chi connectivity index (χ1n) is 17.1. The third kappa shape index (κ3) is 7.62. The first-order valence-corrected chi connectivity index (χ1v) is 19.8. The van der Waals surface area contributed by atoms with E-state index in [2.05, 4.69) is 44.0 Å². The molecule has 0 aromatic rings. The molecule has 4 aliphatic carbocycles. The molecule has 0 amide bonds. The van der Waals surface area contributed by atoms with Crippen LogP contribution >= 0.6 is 0 Å². The summed E-state index contributed by atoms with van der Waals surface area (Å²) in [6.45, 7) is 11.9. The fourth-order valence-electron chi connectivity index (χ4n) is 10.3. The van der Waals surface area contributed by atoms with Crippen molar-refractivity contribution in [1.82, 2.24) is 0 Å². The van der Waals surface area contributed by atoms with Gasteiger partial charge in [0, 0.05) is 0 Å². The van der Waals surface area contributed by atoms with Crippen LogP contribution in [0.4, 0.5) is 0 Å². The quantitative estimate of drug-likeness (QED) is 0.160. The van der Waals surface area contributed by atoms with Gasteiger partial charge in [0.1, 0.15) is 18.3 Å². The third-order valence-electron chi connectivity index (χ3n) is 12.5. The van der Waals surface area contributed by atoms with E-state index >= 15 is 0 Å². The van der Waals surface area contributed by atoms with Gasteiger partial charge in [-0.15, -0.1) is 0 Å². The van der Waals surface area contributed by atoms with E-state index in [9.17, 15) is 41.3 Å². The van der Waals surface area contributed by atoms with Crippen LogP contribution in [0.3, 0.4) is 0 Å². The molecule has 15 heteroatoms. The van der Waals surface area contributed by atoms with Crippen LogP contribution in [0.1, 0.15) is 99.3 Å². The molecule has 14 atom stereocenters. The number of aliphatic hydroxyl groups excluding tert-OH is 2. The normalized spacial score (nSPS) is 44.5. The summed E-state index contributed by atoms with van der Waals surface area (Å²) in [5.74, 6) is 0.0411. The van der Waals surface area contributed by atoms with E-state index in [0.29, 0.717) is 25.7 Å². The van der Waals surface area contributed by atoms with Crippen molar-refractivity contribution in [2.45, 2.75) is 148 Å². The van der Waals surface area contributed by atoms with Gasteiger partial charge in [0.15, 0.2) is 6.29 Å². The van der Waals surface area contributed by atoms with Crippen molar-refractivity contribution in [3.63, 3.8) is 0 Å². The standard InChI is InChI=1S/C33H54O13S2/c1-18(2)8-7-13-33(6,36)26-10-9-22-21-17-25(44-30-28(35)27(34)29(19(3)43-30)46-48(40,41)42)24-16-20(45-47(37,38)39)11-14-31(24,4)23(21)12-15-32(22,26)5/h8,12,19-22,24-30,34-36H,7,9-11,13-17H2,1-6H3,(H,37,38,39)(H,40,41,42). The molecule has 48 heavy (non-hydrogen) atoms. The predicted octanol–water partition coefficient (Wildman–Crippen LogP) is 3.90. The summed E-state index contributed by atoms with van der Waals surface area (Å²) >= 11 is 0. The van der Waals surface area contributed by atoms with Crippen molar-refractivity contribution >= 4 is 20.8 Å². The lowest BCUT2D eigenvalue weighted by molar-refractivity contribution is -0.312. The van der Waals surface area contributed by atoms with Crippen molar-refractivity contribution in [1.29, 1.82) is 0 Å². The van der Waals surface area contributed by atoms with E-state index in [1.165, 1.54) is 18.1 Å². The molecule has 5 rings (SSSR count). The topological polar surface area (TPSA) is 206 Å². The fourth-order valence-corrected chi connectivity index (χ4v) is 11.4. The van der Waals surface area contributed by atoms with Crippen molar-refractivity contribution in [2.24, 2.45) is 34.5 Å². The summed E-state index contributed by atoms with van der Waals surface area (Å²) in [7, 11) is -9.67. The van der Waals surface area contributed by atoms with Crippen LogP contribution in [0.5, 0.6) is 0 Å². The molecule has 13 nitrogen and oxygen atoms in total. The largest absolute Gasteiger partial charge is 0.397 e. The molecular weight excluding hydrogens is 668 g/mol. The molecule has 0 aromatic carbocycles. The Kier molecular flexibility index (Phi) is 10.8. The minimum atomic E-state index is -4.96. The van der Waals surface area contributed by atoms with Crippen LogP contribution in [0, 0.1) is 34.5 Å². The molecule has 0 radical (unpaired) electrons. The van der Waals surface area contributed by atoms with Gasteiger partial charge in [-0.3, -0.25) is 9.11 Å². The molecule has 3 saturated carbocycles. The monoisotopic (exact) mass is 722 g/mol. The SMILES string of the molecule is CC(C)=CCCC(C)(O)C1CCC2C3CC(OC4OC(C)C(OS(=O)(=O)O)C(O)C4O)C4CC(OS(=O)(=O)O)CCC4(C)C3=CCC21C. The Morgan fingerprint density at radius 1 is 1.02 bits per heavy atom. The summed E-state index contributed by atoms with van der Waals surface area (Å²) in [6.07, 6.45) is 1.25. The molecule has 276 valence electrons. The zero-order valence-corrected chi connectivity index (χ0v) is 30.3. The second-order valence-electron chi connectivity index (χ2n) is 15.9. The van der Waals surface area contributed by atoms with Crippen LogP contribution in [0.25, 0.3) is 0 Å². The van der Waals surface area contributed by atoms with E-state index < -0.39 is 74.7 Å². The molecule has 1 saturated heterocycles. The molecule has 0 spiro atoms. The highest BCUT2D eigenvalue weighted by atomic mass is 32.3. The summed E-state index contributed by atoms with van der Waals surface area (Å²) < 4.78 is 86.9. The minimum Gasteiger partial charge on any atom is -0.390 e. The fraction of sp³-hybridized carbons (Fsp3) is 0.879. The zero-order chi connectivity index (χ0) is 35.6. The number of rotatable bonds is 10. The van der Waals surface area contributed by atoms with Gasteiger partial charge in [-0.2, -0.15) is 16.8 Å². The summed E-state index contributed by atoms with van der Waals surface area (Å²) in [5.41, 5.74) is 1.00. The number of ether oxygens (including phenoxy) is 2. The predicted molar refractivity (Wildman–Crippen MR) is 174 cm³/mol. The second kappa shape index (κ2) is 13.5. The highest BCUT2D eigenvalue weighted by molar-refractivity contribution is 7.81. The first kappa shape index (κ1) is 38.3. The number of aliphatic hydroxyl groups is 3. The van der Waals surface area contributed by atoms with Gasteiger partial charge in [-0.1, -0.05) is 37.1 Å². The Hall–Kier alpha value is -0.980. The van der Waals surface area contributed by atoms with Crippen LogP contribution in [-0.2, 0) is 38.6 Å². The average Bonchev–Trinajstić information content (AvgIpc) is 3.31. The number of hydrogen-bond acceptors (Lipinski definition) is 11. The zero-order valence-electron chi connectivity index (χ0n) is 28.7. The Labute approximate surface area is 285 Å². The second-order valence-corrected chi connectivity index (χ2v) is 18.0. The van der Waals surface area contributed by atoms with E-state index in [4.69, 9.17) is 13.7 Å². The molecule has 5 aliphatic rings. The highest BCUT2D eigenvalue weighted by Gasteiger charge is 2.62. The summed E-state index contributed by atoms with van der Waals surface area (Å²) in [4.78, 5) is 0. The van der Waals surface area contributed by atoms with E-state index in [0.717, 1.165) is 25.7 Å². The van der Waals surface area contributed by atoms with Gasteiger partial charge < -0.3 is 24.8 Å². The maximum atomic E-state index is 11.8. The van der Waals surface area contributed by atoms with Crippen molar-refractivity contribution < 1.29 is 59.1 Å². The molecular formula is C33H54O13S2. The lowest BCUT2D eigenvalue weighted by Crippen LogP contribution is -2.61. The Morgan fingerprint density at radius 3 is 2.31 bits per heavy atom. The molecule has 0 bridgehead atoms. The Balaban J connectivity index is 1.45. The van der Waals surface area contributed by atoms with Crippen LogP contribution < -0.4 is 0 Å². The first-order chi connectivity index (χ1) is 22.1. The Morgan fingerprint density at radius 2 is 1.69 bits per heavy atom. The Bertz CT molecular complexity index is 1470. The van der Waals surface area contributed by atoms with E-state index in [1.807, 2.05) is 6.92 Å². The van der Waals surface area contributed by atoms with Gasteiger partial charge >= 0.3 is 20.8 Å². The number of hydrogen-bond donors (Lipinski definition) is 5. The van der Waals surface area contributed by atoms with Crippen LogP contribution in [-0.4, -0.2) is 89.8 Å². The van der Waals surface area contributed by atoms with Gasteiger partial charge in [0.2, 0.25) is 0 Å². The lowest BCUT2D eigenvalue weighted by Gasteiger charge is -2.60. The smallest absolute Gasteiger partial charge is 0.390 e. The highest BCUT2D eigenvalue weighted by Crippen LogP contribution is 2.67. The average molecular weight is 723 g/mol. The third-order valence-corrected chi connectivity index (χ3v) is 13.5. The van der Waals surface area contributed by atoms with E-state index in [-0.39, 0.29) is 35.5 Å². The summed E-state index contributed by atoms with van der Waals surface area (Å²) in [5, 5.41) is 33.7. The molecule has 1 heterocycles. The van der Waals surface area contributed by atoms with Crippen molar-refractivity contribution in [3.8, 4) is 0 Å². The number of fused-ring (bicyclic) bond motifs is 5. The maximum Gasteiger partial charge on any atom is 0.397 e. The van der Waals surface area contributed by atoms with Crippen LogP contribution in [0.15, 0.2) is 23.3 Å². The maximum absolute atomic E-state index is 11.8. The van der Waals surface area contributed by atoms with E-state index in [1.54, 1.807) is 0 Å². The molecule has 4 fully saturated rings. The van der Waals surface area contributed by atoms with Crippen molar-refractivity contribution in [2.75, 3.05) is 0 Å². The van der Waals surface area contributed by atoms with Gasteiger partial charge in [-0.25, -0.2) is 8.37 Å². The van der Waals surface area contributed by atoms with Gasteiger partial charge in [0.25, 0.3) is 0 Å². The summed E-state index contributed by atoms with van der Waals surface area (Å²) in [6, 6.07) is 0. The lowest BCUT2D eigenvalue weighted by atomic mass is 9.47. The molecule has 1 aliphatic heterocycles. The minimum absolute atomic E-state index is 0.0614. The molecule has 5 N–H and O–H groups in total. The molecule has 0 aromatic heterocycles. The molecule has 14 unspecified atom stereocenters. The van der Waals surface area contributed by atoms with Gasteiger partial charge in [0.05, 0.1) is 23.9 Å². The van der Waals surface area contributed by atoms with Crippen molar-refractivity contribution in [3.05, 3.63) is 23.3 Å². The van der Waals surface area contributed by atoms with Crippen LogP contribution in [0.2, 0.25) is 0 Å². The number of allylic oxidation sites excluding steroid dienone is 4. The van der Waals surface area contributed by atoms with Gasteiger partial charge in [-0.05, 0) is 120 Å².